The quantitative estimate of drug-likeness (QED) is 0.899. The van der Waals surface area contributed by atoms with Gasteiger partial charge in [-0.15, -0.1) is 0 Å². The van der Waals surface area contributed by atoms with E-state index in [4.69, 9.17) is 9.47 Å². The molecule has 3 rings (SSSR count). The second kappa shape index (κ2) is 7.00. The molecule has 0 fully saturated rings. The fraction of sp³-hybridized carbons (Fsp3) is 0.294. The molecule has 0 radical (unpaired) electrons. The smallest absolute Gasteiger partial charge is 0.422 e. The first-order chi connectivity index (χ1) is 11.9. The van der Waals surface area contributed by atoms with Gasteiger partial charge in [0.25, 0.3) is 5.91 Å². The van der Waals surface area contributed by atoms with Crippen molar-refractivity contribution in [1.29, 1.82) is 0 Å². The highest BCUT2D eigenvalue weighted by Crippen LogP contribution is 2.28. The zero-order valence-corrected chi connectivity index (χ0v) is 13.0. The summed E-state index contributed by atoms with van der Waals surface area (Å²) in [5.41, 5.74) is 1.30. The second-order valence-corrected chi connectivity index (χ2v) is 5.51. The minimum absolute atomic E-state index is 0.00390. The minimum Gasteiger partial charge on any atom is -0.480 e. The fourth-order valence-corrected chi connectivity index (χ4v) is 2.46. The third kappa shape index (κ3) is 4.40. The Kier molecular flexibility index (Phi) is 4.78. The molecule has 0 saturated carbocycles. The van der Waals surface area contributed by atoms with Crippen LogP contribution in [-0.4, -0.2) is 29.8 Å². The van der Waals surface area contributed by atoms with Gasteiger partial charge in [-0.25, -0.2) is 4.98 Å². The van der Waals surface area contributed by atoms with E-state index in [1.807, 2.05) is 18.2 Å². The van der Waals surface area contributed by atoms with Crippen LogP contribution in [0, 0.1) is 0 Å². The lowest BCUT2D eigenvalue weighted by molar-refractivity contribution is -0.154. The Morgan fingerprint density at radius 3 is 2.84 bits per heavy atom. The van der Waals surface area contributed by atoms with Crippen LogP contribution in [-0.2, 0) is 17.8 Å². The van der Waals surface area contributed by atoms with Gasteiger partial charge in [-0.1, -0.05) is 24.3 Å². The maximum absolute atomic E-state index is 12.3. The van der Waals surface area contributed by atoms with Crippen molar-refractivity contribution in [3.63, 3.8) is 0 Å². The van der Waals surface area contributed by atoms with Gasteiger partial charge in [-0.3, -0.25) is 4.79 Å². The van der Waals surface area contributed by atoms with Gasteiger partial charge in [0.1, 0.15) is 5.75 Å². The molecule has 1 N–H and O–H groups in total. The largest absolute Gasteiger partial charge is 0.480 e. The number of amides is 1. The predicted octanol–water partition coefficient (Wildman–Crippen LogP) is 2.64. The second-order valence-electron chi connectivity index (χ2n) is 5.51. The van der Waals surface area contributed by atoms with Crippen LogP contribution in [0.25, 0.3) is 0 Å². The molecule has 2 heterocycles. The number of nitrogens with zero attached hydrogens (tertiary/aromatic N) is 1. The molecule has 0 bridgehead atoms. The Labute approximate surface area is 141 Å². The number of ether oxygens (including phenoxy) is 2. The normalized spacial score (nSPS) is 16.0. The molecule has 0 saturated heterocycles. The van der Waals surface area contributed by atoms with E-state index in [2.05, 4.69) is 10.3 Å². The molecule has 2 aromatic rings. The highest BCUT2D eigenvalue weighted by atomic mass is 19.4. The van der Waals surface area contributed by atoms with Crippen LogP contribution < -0.4 is 14.8 Å². The summed E-state index contributed by atoms with van der Waals surface area (Å²) in [6, 6.07) is 10.5. The van der Waals surface area contributed by atoms with Gasteiger partial charge in [0, 0.05) is 24.7 Å². The maximum Gasteiger partial charge on any atom is 0.422 e. The van der Waals surface area contributed by atoms with E-state index >= 15 is 0 Å². The number of carbonyl (C=O) groups excluding carboxylic acids is 1. The molecule has 132 valence electrons. The average molecular weight is 352 g/mol. The number of nitrogens with one attached hydrogen (secondary N) is 1. The summed E-state index contributed by atoms with van der Waals surface area (Å²) in [5, 5.41) is 2.65. The zero-order chi connectivity index (χ0) is 17.9. The highest BCUT2D eigenvalue weighted by Gasteiger charge is 2.30. The van der Waals surface area contributed by atoms with Gasteiger partial charge < -0.3 is 14.8 Å². The Balaban J connectivity index is 1.58. The number of para-hydroxylation sites is 1. The Morgan fingerprint density at radius 2 is 2.08 bits per heavy atom. The number of hydrogen-bond donors (Lipinski definition) is 1. The van der Waals surface area contributed by atoms with Crippen molar-refractivity contribution in [2.75, 3.05) is 6.61 Å². The number of pyridine rings is 1. The van der Waals surface area contributed by atoms with E-state index in [1.165, 1.54) is 6.20 Å². The van der Waals surface area contributed by atoms with Gasteiger partial charge in [-0.2, -0.15) is 13.2 Å². The number of benzene rings is 1. The van der Waals surface area contributed by atoms with Gasteiger partial charge >= 0.3 is 6.18 Å². The summed E-state index contributed by atoms with van der Waals surface area (Å²) >= 11 is 0. The van der Waals surface area contributed by atoms with Crippen LogP contribution in [0.3, 0.4) is 0 Å². The molecule has 1 aromatic heterocycles. The van der Waals surface area contributed by atoms with Crippen LogP contribution in [0.1, 0.15) is 11.1 Å². The van der Waals surface area contributed by atoms with Gasteiger partial charge in [0.15, 0.2) is 12.7 Å². The van der Waals surface area contributed by atoms with Crippen molar-refractivity contribution in [3.05, 3.63) is 53.7 Å². The van der Waals surface area contributed by atoms with Crippen LogP contribution in [0.15, 0.2) is 42.6 Å². The molecule has 1 unspecified atom stereocenters. The molecule has 8 heteroatoms. The monoisotopic (exact) mass is 352 g/mol. The SMILES string of the molecule is O=C(NCc1cccnc1OCC(F)(F)F)C1Cc2ccccc2O1. The van der Waals surface area contributed by atoms with Crippen molar-refractivity contribution in [2.45, 2.75) is 25.2 Å². The van der Waals surface area contributed by atoms with Crippen LogP contribution in [0.4, 0.5) is 13.2 Å². The number of hydrogen-bond acceptors (Lipinski definition) is 4. The number of rotatable bonds is 5. The van der Waals surface area contributed by atoms with Crippen molar-refractivity contribution in [2.24, 2.45) is 0 Å². The molecule has 1 atom stereocenters. The lowest BCUT2D eigenvalue weighted by Gasteiger charge is -2.14. The first kappa shape index (κ1) is 17.1. The number of fused-ring (bicyclic) bond motifs is 1. The minimum atomic E-state index is -4.46. The van der Waals surface area contributed by atoms with E-state index < -0.39 is 18.9 Å². The first-order valence-electron chi connectivity index (χ1n) is 7.58. The summed E-state index contributed by atoms with van der Waals surface area (Å²) < 4.78 is 47.1. The van der Waals surface area contributed by atoms with E-state index in [0.717, 1.165) is 5.56 Å². The Morgan fingerprint density at radius 1 is 1.28 bits per heavy atom. The number of alkyl halides is 3. The third-order valence-corrected chi connectivity index (χ3v) is 3.62. The Hall–Kier alpha value is -2.77. The van der Waals surface area contributed by atoms with Crippen molar-refractivity contribution >= 4 is 5.91 Å². The van der Waals surface area contributed by atoms with Gasteiger partial charge in [-0.05, 0) is 17.7 Å². The molecular weight excluding hydrogens is 337 g/mol. The molecule has 1 aromatic carbocycles. The average Bonchev–Trinajstić information content (AvgIpc) is 3.02. The lowest BCUT2D eigenvalue weighted by atomic mass is 10.1. The molecule has 1 aliphatic heterocycles. The highest BCUT2D eigenvalue weighted by molar-refractivity contribution is 5.82. The van der Waals surface area contributed by atoms with E-state index in [9.17, 15) is 18.0 Å². The first-order valence-corrected chi connectivity index (χ1v) is 7.58. The number of carbonyl (C=O) groups is 1. The summed E-state index contributed by atoms with van der Waals surface area (Å²) in [4.78, 5) is 16.0. The van der Waals surface area contributed by atoms with Crippen molar-refractivity contribution in [1.82, 2.24) is 10.3 Å². The summed E-state index contributed by atoms with van der Waals surface area (Å²) in [6.45, 7) is -1.44. The zero-order valence-electron chi connectivity index (χ0n) is 13.0. The molecule has 0 aliphatic carbocycles. The lowest BCUT2D eigenvalue weighted by Crippen LogP contribution is -2.37. The third-order valence-electron chi connectivity index (χ3n) is 3.62. The fourth-order valence-electron chi connectivity index (χ4n) is 2.46. The molecular formula is C17H15F3N2O3. The molecule has 0 spiro atoms. The predicted molar refractivity (Wildman–Crippen MR) is 82.2 cm³/mol. The number of aromatic nitrogens is 1. The van der Waals surface area contributed by atoms with Gasteiger partial charge in [0.05, 0.1) is 0 Å². The summed E-state index contributed by atoms with van der Waals surface area (Å²) in [7, 11) is 0. The molecule has 5 nitrogen and oxygen atoms in total. The van der Waals surface area contributed by atoms with Crippen LogP contribution >= 0.6 is 0 Å². The van der Waals surface area contributed by atoms with Gasteiger partial charge in [0.2, 0.25) is 5.88 Å². The van der Waals surface area contributed by atoms with E-state index in [1.54, 1.807) is 18.2 Å². The topological polar surface area (TPSA) is 60.5 Å². The van der Waals surface area contributed by atoms with E-state index in [0.29, 0.717) is 17.7 Å². The van der Waals surface area contributed by atoms with Crippen LogP contribution in [0.2, 0.25) is 0 Å². The van der Waals surface area contributed by atoms with Crippen molar-refractivity contribution in [3.8, 4) is 11.6 Å². The van der Waals surface area contributed by atoms with Crippen LogP contribution in [0.5, 0.6) is 11.6 Å². The van der Waals surface area contributed by atoms with Crippen molar-refractivity contribution < 1.29 is 27.4 Å². The summed E-state index contributed by atoms with van der Waals surface area (Å²) in [5.74, 6) is 0.163. The Bertz CT molecular complexity index is 740. The standard InChI is InChI=1S/C17H15F3N2O3/c18-17(19,20)10-24-16-12(5-3-7-21-16)9-22-15(23)14-8-11-4-1-2-6-13(11)25-14/h1-7,14H,8-10H2,(H,22,23). The summed E-state index contributed by atoms with van der Waals surface area (Å²) in [6.07, 6.45) is -3.34. The maximum atomic E-state index is 12.3. The molecule has 1 amide bonds. The molecule has 1 aliphatic rings. The molecule has 25 heavy (non-hydrogen) atoms. The van der Waals surface area contributed by atoms with E-state index in [-0.39, 0.29) is 18.3 Å². The number of halogens is 3.